The second kappa shape index (κ2) is 2.19. The van der Waals surface area contributed by atoms with Gasteiger partial charge in [-0.3, -0.25) is 5.10 Å². The number of nitrogens with zero attached hydrogens (tertiary/aromatic N) is 4. The number of nitrogens with two attached hydrogens (primary N) is 1. The Morgan fingerprint density at radius 3 is 3.14 bits per heavy atom. The van der Waals surface area contributed by atoms with Crippen LogP contribution in [0.4, 0.5) is 0 Å². The molecule has 3 aromatic heterocycles. The Morgan fingerprint density at radius 2 is 2.29 bits per heavy atom. The lowest BCUT2D eigenvalue weighted by Gasteiger charge is -2.03. The number of nitrogen functional groups attached to an aromatic ring is 1. The summed E-state index contributed by atoms with van der Waals surface area (Å²) in [5, 5.41) is 9.94. The first-order valence-corrected chi connectivity index (χ1v) is 4.17. The summed E-state index contributed by atoms with van der Waals surface area (Å²) < 4.78 is 1.81. The van der Waals surface area contributed by atoms with Crippen LogP contribution >= 0.6 is 0 Å². The van der Waals surface area contributed by atoms with Gasteiger partial charge in [-0.25, -0.2) is 14.6 Å². The van der Waals surface area contributed by atoms with Crippen LogP contribution in [-0.2, 0) is 0 Å². The van der Waals surface area contributed by atoms with Crippen molar-refractivity contribution >= 4 is 16.7 Å². The number of aromatic nitrogens is 6. The van der Waals surface area contributed by atoms with Crippen LogP contribution in [0.5, 0.6) is 0 Å². The lowest BCUT2D eigenvalue weighted by atomic mass is 10.4. The fraction of sp³-hybridized carbons (Fsp3) is 0.143. The third-order valence-corrected chi connectivity index (χ3v) is 2.20. The quantitative estimate of drug-likeness (QED) is 0.434. The minimum Gasteiger partial charge on any atom is -0.309 e. The van der Waals surface area contributed by atoms with Crippen LogP contribution < -0.4 is 5.84 Å². The van der Waals surface area contributed by atoms with E-state index in [-0.39, 0.29) is 0 Å². The van der Waals surface area contributed by atoms with Crippen molar-refractivity contribution in [2.45, 2.75) is 6.92 Å². The summed E-state index contributed by atoms with van der Waals surface area (Å²) >= 11 is 0. The molecule has 3 rings (SSSR count). The van der Waals surface area contributed by atoms with Gasteiger partial charge >= 0.3 is 0 Å². The molecule has 3 heterocycles. The summed E-state index contributed by atoms with van der Waals surface area (Å²) in [4.78, 5) is 5.36. The van der Waals surface area contributed by atoms with Gasteiger partial charge in [-0.15, -0.1) is 4.91 Å². The van der Waals surface area contributed by atoms with E-state index in [1.165, 1.54) is 11.2 Å². The van der Waals surface area contributed by atoms with Gasteiger partial charge in [0.05, 0.1) is 5.52 Å². The highest BCUT2D eigenvalue weighted by Gasteiger charge is 2.08. The molecule has 0 saturated heterocycles. The highest BCUT2D eigenvalue weighted by atomic mass is 15.6. The fourth-order valence-electron chi connectivity index (χ4n) is 1.64. The van der Waals surface area contributed by atoms with Crippen molar-refractivity contribution in [3.05, 3.63) is 18.1 Å². The van der Waals surface area contributed by atoms with E-state index in [9.17, 15) is 0 Å². The Bertz CT molecular complexity index is 619. The summed E-state index contributed by atoms with van der Waals surface area (Å²) in [5.41, 5.74) is 3.54. The van der Waals surface area contributed by atoms with Crippen LogP contribution in [0, 0.1) is 6.92 Å². The Balaban J connectivity index is 2.69. The van der Waals surface area contributed by atoms with Crippen molar-refractivity contribution in [3.63, 3.8) is 0 Å². The third-order valence-electron chi connectivity index (χ3n) is 2.20. The number of aromatic amines is 2. The molecule has 7 nitrogen and oxygen atoms in total. The molecule has 0 saturated carbocycles. The van der Waals surface area contributed by atoms with E-state index in [0.717, 1.165) is 16.7 Å². The van der Waals surface area contributed by atoms with E-state index in [1.54, 1.807) is 0 Å². The fourth-order valence-corrected chi connectivity index (χ4v) is 1.64. The van der Waals surface area contributed by atoms with Gasteiger partial charge in [-0.1, -0.05) is 0 Å². The molecule has 0 fully saturated rings. The highest BCUT2D eigenvalue weighted by Crippen LogP contribution is 2.16. The standard InChI is InChI=1S/C7H9N7/c1-4-2-5-6-7(12-14(8)11-5)9-3-10-13(4)6/h2-3,11H,8H2,1H3,(H,9,10,12). The van der Waals surface area contributed by atoms with Crippen molar-refractivity contribution in [2.24, 2.45) is 0 Å². The Morgan fingerprint density at radius 1 is 1.43 bits per heavy atom. The Labute approximate surface area is 78.1 Å². The van der Waals surface area contributed by atoms with Crippen LogP contribution in [0.3, 0.4) is 0 Å². The number of aryl methyl sites for hydroxylation is 1. The van der Waals surface area contributed by atoms with E-state index >= 15 is 0 Å². The summed E-state index contributed by atoms with van der Waals surface area (Å²) in [6.07, 6.45) is 1.49. The Hall–Kier alpha value is -2.18. The summed E-state index contributed by atoms with van der Waals surface area (Å²) in [6.45, 7) is 1.97. The zero-order valence-corrected chi connectivity index (χ0v) is 7.52. The second-order valence-corrected chi connectivity index (χ2v) is 3.16. The molecular formula is C7H9N7. The van der Waals surface area contributed by atoms with Crippen molar-refractivity contribution < 1.29 is 0 Å². The predicted octanol–water partition coefficient (Wildman–Crippen LogP) is -0.0754. The predicted molar refractivity (Wildman–Crippen MR) is 50.9 cm³/mol. The summed E-state index contributed by atoms with van der Waals surface area (Å²) in [6, 6.07) is 1.97. The van der Waals surface area contributed by atoms with Gasteiger partial charge in [-0.05, 0) is 13.0 Å². The van der Waals surface area contributed by atoms with Crippen molar-refractivity contribution in [2.75, 3.05) is 5.84 Å². The number of hydrogen-bond donors (Lipinski definition) is 3. The topological polar surface area (TPSA) is 92.7 Å². The van der Waals surface area contributed by atoms with E-state index in [0.29, 0.717) is 5.65 Å². The van der Waals surface area contributed by atoms with Gasteiger partial charge in [-0.2, -0.15) is 5.10 Å². The van der Waals surface area contributed by atoms with Crippen LogP contribution in [0.1, 0.15) is 5.69 Å². The van der Waals surface area contributed by atoms with Crippen molar-refractivity contribution in [3.8, 4) is 0 Å². The molecule has 7 heteroatoms. The Kier molecular flexibility index (Phi) is 1.13. The van der Waals surface area contributed by atoms with Crippen molar-refractivity contribution in [1.82, 2.24) is 29.7 Å². The van der Waals surface area contributed by atoms with Crippen LogP contribution in [0.25, 0.3) is 16.7 Å². The molecule has 0 aromatic carbocycles. The molecule has 0 unspecified atom stereocenters. The van der Waals surface area contributed by atoms with E-state index < -0.39 is 0 Å². The molecule has 0 aliphatic heterocycles. The molecule has 0 aliphatic carbocycles. The zero-order chi connectivity index (χ0) is 9.71. The molecule has 0 radical (unpaired) electrons. The van der Waals surface area contributed by atoms with Crippen LogP contribution in [0.2, 0.25) is 0 Å². The van der Waals surface area contributed by atoms with E-state index in [4.69, 9.17) is 5.84 Å². The molecule has 0 amide bonds. The maximum absolute atomic E-state index is 5.58. The molecule has 0 atom stereocenters. The van der Waals surface area contributed by atoms with Gasteiger partial charge in [0.1, 0.15) is 11.8 Å². The SMILES string of the molecule is Cc1cc2[nH]n(N)[nH]c3ncnn1c23. The molecule has 0 spiro atoms. The first-order chi connectivity index (χ1) is 6.75. The lowest BCUT2D eigenvalue weighted by Crippen LogP contribution is -2.17. The number of H-pyrrole nitrogens is 2. The molecule has 4 N–H and O–H groups in total. The zero-order valence-electron chi connectivity index (χ0n) is 7.52. The van der Waals surface area contributed by atoms with E-state index in [2.05, 4.69) is 20.3 Å². The first-order valence-electron chi connectivity index (χ1n) is 4.17. The van der Waals surface area contributed by atoms with Gasteiger partial charge in [0.25, 0.3) is 0 Å². The second-order valence-electron chi connectivity index (χ2n) is 3.16. The third kappa shape index (κ3) is 0.754. The summed E-state index contributed by atoms with van der Waals surface area (Å²) in [5.74, 6) is 5.58. The number of hydrogen-bond acceptors (Lipinski definition) is 3. The largest absolute Gasteiger partial charge is 0.309 e. The smallest absolute Gasteiger partial charge is 0.177 e. The van der Waals surface area contributed by atoms with Crippen LogP contribution in [0.15, 0.2) is 12.4 Å². The lowest BCUT2D eigenvalue weighted by molar-refractivity contribution is 0.687. The minimum atomic E-state index is 0.698. The van der Waals surface area contributed by atoms with Gasteiger partial charge in [0.2, 0.25) is 0 Å². The normalized spacial score (nSPS) is 11.5. The van der Waals surface area contributed by atoms with E-state index in [1.807, 2.05) is 17.5 Å². The molecular weight excluding hydrogens is 182 g/mol. The molecule has 14 heavy (non-hydrogen) atoms. The monoisotopic (exact) mass is 191 g/mol. The van der Waals surface area contributed by atoms with Crippen molar-refractivity contribution in [1.29, 1.82) is 0 Å². The van der Waals surface area contributed by atoms with Gasteiger partial charge in [0, 0.05) is 5.69 Å². The number of rotatable bonds is 0. The summed E-state index contributed by atoms with van der Waals surface area (Å²) in [7, 11) is 0. The average Bonchev–Trinajstić information content (AvgIpc) is 2.45. The van der Waals surface area contributed by atoms with Crippen LogP contribution in [-0.4, -0.2) is 29.7 Å². The van der Waals surface area contributed by atoms with Gasteiger partial charge < -0.3 is 5.84 Å². The molecule has 0 aliphatic rings. The molecule has 3 aromatic rings. The molecule has 72 valence electrons. The maximum Gasteiger partial charge on any atom is 0.177 e. The highest BCUT2D eigenvalue weighted by molar-refractivity contribution is 5.87. The average molecular weight is 191 g/mol. The minimum absolute atomic E-state index is 0.698. The first kappa shape index (κ1) is 7.25. The van der Waals surface area contributed by atoms with Gasteiger partial charge in [0.15, 0.2) is 5.65 Å². The number of nitrogens with one attached hydrogen (secondary N) is 2. The molecule has 0 bridgehead atoms. The maximum atomic E-state index is 5.58.